The summed E-state index contributed by atoms with van der Waals surface area (Å²) < 4.78 is 26.2. The summed E-state index contributed by atoms with van der Waals surface area (Å²) in [5.41, 5.74) is 2.29. The van der Waals surface area contributed by atoms with Crippen molar-refractivity contribution in [2.24, 2.45) is 0 Å². The van der Waals surface area contributed by atoms with Crippen molar-refractivity contribution in [2.75, 3.05) is 17.1 Å². The lowest BCUT2D eigenvalue weighted by molar-refractivity contribution is -0.386. The fraction of sp³-hybridized carbons (Fsp3) is 0.455. The molecular weight excluding hydrogens is 404 g/mol. The van der Waals surface area contributed by atoms with Crippen molar-refractivity contribution in [3.05, 3.63) is 69.3 Å². The third kappa shape index (κ3) is 6.03. The summed E-state index contributed by atoms with van der Waals surface area (Å²) in [5, 5.41) is 21.9. The zero-order chi connectivity index (χ0) is 22.3. The van der Waals surface area contributed by atoms with Gasteiger partial charge in [-0.25, -0.2) is 8.42 Å². The zero-order valence-electron chi connectivity index (χ0n) is 17.7. The van der Waals surface area contributed by atoms with Gasteiger partial charge < -0.3 is 5.11 Å². The molecule has 0 saturated heterocycles. The molecule has 0 aliphatic heterocycles. The number of anilines is 1. The summed E-state index contributed by atoms with van der Waals surface area (Å²) >= 11 is 0. The highest BCUT2D eigenvalue weighted by atomic mass is 32.2. The number of nitro benzene ring substituents is 1. The standard InChI is InChI=1S/C22H30N2O5S/c1-4-6-13-21(25)19-11-8-12-20(16-19)23(30(3,28)29)15-14-18-10-7-9-17(5-2)22(18)24(26)27/h7-12,16,21,25H,4-6,13-15H2,1-3H3. The molecule has 7 nitrogen and oxygen atoms in total. The van der Waals surface area contributed by atoms with Gasteiger partial charge in [0.1, 0.15) is 0 Å². The fourth-order valence-corrected chi connectivity index (χ4v) is 4.45. The Hall–Kier alpha value is -2.45. The Bertz CT molecular complexity index is 975. The average molecular weight is 435 g/mol. The number of hydrogen-bond donors (Lipinski definition) is 1. The van der Waals surface area contributed by atoms with Gasteiger partial charge in [-0.05, 0) is 37.0 Å². The molecule has 1 unspecified atom stereocenters. The summed E-state index contributed by atoms with van der Waals surface area (Å²) in [6.07, 6.45) is 3.63. The van der Waals surface area contributed by atoms with Crippen LogP contribution < -0.4 is 4.31 Å². The van der Waals surface area contributed by atoms with Crippen molar-refractivity contribution in [3.8, 4) is 0 Å². The lowest BCUT2D eigenvalue weighted by Gasteiger charge is -2.24. The van der Waals surface area contributed by atoms with E-state index in [1.165, 1.54) is 4.31 Å². The molecule has 2 rings (SSSR count). The van der Waals surface area contributed by atoms with Crippen LogP contribution in [0.2, 0.25) is 0 Å². The van der Waals surface area contributed by atoms with Gasteiger partial charge in [-0.1, -0.05) is 57.0 Å². The SMILES string of the molecule is CCCCC(O)c1cccc(N(CCc2cccc(CC)c2[N+](=O)[O-])S(C)(=O)=O)c1. The van der Waals surface area contributed by atoms with Gasteiger partial charge in [-0.3, -0.25) is 14.4 Å². The maximum Gasteiger partial charge on any atom is 0.275 e. The number of rotatable bonds is 11. The van der Waals surface area contributed by atoms with E-state index in [2.05, 4.69) is 0 Å². The average Bonchev–Trinajstić information content (AvgIpc) is 2.70. The Labute approximate surface area is 178 Å². The molecule has 164 valence electrons. The predicted octanol–water partition coefficient (Wildman–Crippen LogP) is 4.39. The highest BCUT2D eigenvalue weighted by Gasteiger charge is 2.22. The van der Waals surface area contributed by atoms with Crippen LogP contribution in [0.15, 0.2) is 42.5 Å². The summed E-state index contributed by atoms with van der Waals surface area (Å²) in [5.74, 6) is 0. The van der Waals surface area contributed by atoms with Gasteiger partial charge >= 0.3 is 0 Å². The number of aliphatic hydroxyl groups is 1. The molecule has 0 amide bonds. The summed E-state index contributed by atoms with van der Waals surface area (Å²) in [4.78, 5) is 11.2. The molecule has 0 aromatic heterocycles. The number of sulfonamides is 1. The molecule has 0 aliphatic rings. The molecule has 1 N–H and O–H groups in total. The van der Waals surface area contributed by atoms with Gasteiger partial charge in [0.05, 0.1) is 23.0 Å². The number of para-hydroxylation sites is 1. The molecule has 0 heterocycles. The van der Waals surface area contributed by atoms with E-state index in [-0.39, 0.29) is 18.7 Å². The number of hydrogen-bond acceptors (Lipinski definition) is 5. The van der Waals surface area contributed by atoms with Crippen molar-refractivity contribution in [1.82, 2.24) is 0 Å². The fourth-order valence-electron chi connectivity index (χ4n) is 3.53. The van der Waals surface area contributed by atoms with Crippen LogP contribution in [0.4, 0.5) is 11.4 Å². The van der Waals surface area contributed by atoms with Crippen molar-refractivity contribution in [3.63, 3.8) is 0 Å². The minimum Gasteiger partial charge on any atom is -0.388 e. The first kappa shape index (κ1) is 23.8. The van der Waals surface area contributed by atoms with E-state index in [0.717, 1.165) is 19.1 Å². The molecule has 0 aliphatic carbocycles. The van der Waals surface area contributed by atoms with Gasteiger partial charge in [0.25, 0.3) is 5.69 Å². The molecule has 8 heteroatoms. The van der Waals surface area contributed by atoms with Crippen LogP contribution in [0.3, 0.4) is 0 Å². The van der Waals surface area contributed by atoms with Crippen molar-refractivity contribution < 1.29 is 18.4 Å². The second-order valence-corrected chi connectivity index (χ2v) is 9.28. The summed E-state index contributed by atoms with van der Waals surface area (Å²) in [6, 6.07) is 12.0. The van der Waals surface area contributed by atoms with Gasteiger partial charge in [-0.15, -0.1) is 0 Å². The molecule has 0 saturated carbocycles. The topological polar surface area (TPSA) is 101 Å². The van der Waals surface area contributed by atoms with Crippen LogP contribution in [0, 0.1) is 10.1 Å². The van der Waals surface area contributed by atoms with Crippen molar-refractivity contribution >= 4 is 21.4 Å². The number of aryl methyl sites for hydroxylation is 1. The van der Waals surface area contributed by atoms with Gasteiger partial charge in [0.15, 0.2) is 0 Å². The molecule has 0 bridgehead atoms. The first-order chi connectivity index (χ1) is 14.2. The Morgan fingerprint density at radius 1 is 1.13 bits per heavy atom. The van der Waals surface area contributed by atoms with E-state index in [9.17, 15) is 23.6 Å². The second-order valence-electron chi connectivity index (χ2n) is 7.37. The third-order valence-electron chi connectivity index (χ3n) is 5.13. The highest BCUT2D eigenvalue weighted by molar-refractivity contribution is 7.92. The van der Waals surface area contributed by atoms with Crippen LogP contribution in [0.25, 0.3) is 0 Å². The molecular formula is C22H30N2O5S. The number of aliphatic hydroxyl groups excluding tert-OH is 1. The zero-order valence-corrected chi connectivity index (χ0v) is 18.6. The molecule has 0 radical (unpaired) electrons. The third-order valence-corrected chi connectivity index (χ3v) is 6.32. The van der Waals surface area contributed by atoms with E-state index in [1.807, 2.05) is 13.8 Å². The highest BCUT2D eigenvalue weighted by Crippen LogP contribution is 2.28. The Kier molecular flexibility index (Phi) is 8.37. The largest absolute Gasteiger partial charge is 0.388 e. The molecule has 1 atom stereocenters. The molecule has 2 aromatic rings. The summed E-state index contributed by atoms with van der Waals surface area (Å²) in [7, 11) is -3.61. The van der Waals surface area contributed by atoms with Crippen LogP contribution in [0.1, 0.15) is 55.9 Å². The number of nitrogens with zero attached hydrogens (tertiary/aromatic N) is 2. The first-order valence-electron chi connectivity index (χ1n) is 10.2. The van der Waals surface area contributed by atoms with Crippen LogP contribution in [-0.4, -0.2) is 31.2 Å². The smallest absolute Gasteiger partial charge is 0.275 e. The van der Waals surface area contributed by atoms with Gasteiger partial charge in [0.2, 0.25) is 10.0 Å². The predicted molar refractivity (Wildman–Crippen MR) is 119 cm³/mol. The van der Waals surface area contributed by atoms with E-state index < -0.39 is 21.1 Å². The molecule has 2 aromatic carbocycles. The van der Waals surface area contributed by atoms with E-state index in [0.29, 0.717) is 35.2 Å². The number of nitro groups is 1. The lowest BCUT2D eigenvalue weighted by Crippen LogP contribution is -2.32. The maximum atomic E-state index is 12.5. The van der Waals surface area contributed by atoms with Crippen molar-refractivity contribution in [2.45, 2.75) is 52.1 Å². The van der Waals surface area contributed by atoms with E-state index in [1.54, 1.807) is 42.5 Å². The van der Waals surface area contributed by atoms with Gasteiger partial charge in [-0.2, -0.15) is 0 Å². The number of benzene rings is 2. The quantitative estimate of drug-likeness (QED) is 0.417. The Morgan fingerprint density at radius 3 is 2.40 bits per heavy atom. The lowest BCUT2D eigenvalue weighted by atomic mass is 10.0. The minimum absolute atomic E-state index is 0.0530. The minimum atomic E-state index is -3.61. The normalized spacial score (nSPS) is 12.5. The Morgan fingerprint density at radius 2 is 1.80 bits per heavy atom. The first-order valence-corrected chi connectivity index (χ1v) is 12.0. The number of unbranched alkanes of at least 4 members (excludes halogenated alkanes) is 1. The molecule has 30 heavy (non-hydrogen) atoms. The van der Waals surface area contributed by atoms with Gasteiger partial charge in [0, 0.05) is 17.7 Å². The van der Waals surface area contributed by atoms with E-state index >= 15 is 0 Å². The molecule has 0 fully saturated rings. The second kappa shape index (κ2) is 10.5. The maximum absolute atomic E-state index is 12.5. The van der Waals surface area contributed by atoms with Crippen molar-refractivity contribution in [1.29, 1.82) is 0 Å². The van der Waals surface area contributed by atoms with Crippen LogP contribution in [0.5, 0.6) is 0 Å². The molecule has 0 spiro atoms. The Balaban J connectivity index is 2.33. The van der Waals surface area contributed by atoms with Crippen LogP contribution >= 0.6 is 0 Å². The van der Waals surface area contributed by atoms with E-state index in [4.69, 9.17) is 0 Å². The summed E-state index contributed by atoms with van der Waals surface area (Å²) in [6.45, 7) is 3.97. The monoisotopic (exact) mass is 434 g/mol. The van der Waals surface area contributed by atoms with Crippen LogP contribution in [-0.2, 0) is 22.9 Å².